The topological polar surface area (TPSA) is 69.7 Å². The molecule has 0 heterocycles. The standard InChI is InChI=1S/C24H21AsO5/c1-29-23(27)21(22(26)24(28)30-2)25(18-12-6-3-7-13-18,19-14-8-4-9-15-19)20-16-10-5-11-17-20/h3-17H,1-2H3. The van der Waals surface area contributed by atoms with Gasteiger partial charge in [-0.15, -0.1) is 0 Å². The number of benzene rings is 3. The fourth-order valence-electron chi connectivity index (χ4n) is 3.46. The van der Waals surface area contributed by atoms with Gasteiger partial charge in [0.25, 0.3) is 0 Å². The average molecular weight is 464 g/mol. The van der Waals surface area contributed by atoms with Crippen LogP contribution < -0.4 is 13.1 Å². The molecule has 0 bridgehead atoms. The molecule has 0 N–H and O–H groups in total. The van der Waals surface area contributed by atoms with E-state index in [0.717, 1.165) is 20.2 Å². The minimum absolute atomic E-state index is 0.161. The van der Waals surface area contributed by atoms with Gasteiger partial charge in [-0.3, -0.25) is 0 Å². The van der Waals surface area contributed by atoms with Crippen LogP contribution >= 0.6 is 0 Å². The van der Waals surface area contributed by atoms with Gasteiger partial charge in [0.05, 0.1) is 0 Å². The monoisotopic (exact) mass is 464 g/mol. The van der Waals surface area contributed by atoms with E-state index in [4.69, 9.17) is 9.47 Å². The van der Waals surface area contributed by atoms with Crippen LogP contribution in [-0.4, -0.2) is 49.4 Å². The van der Waals surface area contributed by atoms with E-state index in [1.54, 1.807) is 0 Å². The van der Waals surface area contributed by atoms with Gasteiger partial charge in [-0.1, -0.05) is 0 Å². The van der Waals surface area contributed by atoms with Crippen LogP contribution in [0.1, 0.15) is 0 Å². The van der Waals surface area contributed by atoms with Crippen LogP contribution in [0, 0.1) is 0 Å². The van der Waals surface area contributed by atoms with Crippen molar-refractivity contribution in [3.05, 3.63) is 91.0 Å². The van der Waals surface area contributed by atoms with Crippen LogP contribution in [-0.2, 0) is 23.9 Å². The summed E-state index contributed by atoms with van der Waals surface area (Å²) in [5.74, 6) is -2.90. The fraction of sp³-hybridized carbons (Fsp3) is 0.0833. The number of esters is 2. The molecule has 3 aromatic rings. The van der Waals surface area contributed by atoms with Gasteiger partial charge in [-0.05, 0) is 0 Å². The number of carbonyl (C=O) groups is 3. The molecule has 6 heteroatoms. The molecule has 152 valence electrons. The summed E-state index contributed by atoms with van der Waals surface area (Å²) < 4.78 is 12.0. The van der Waals surface area contributed by atoms with Crippen LogP contribution in [0.15, 0.2) is 91.0 Å². The van der Waals surface area contributed by atoms with E-state index >= 15 is 0 Å². The summed E-state index contributed by atoms with van der Waals surface area (Å²) in [6.07, 6.45) is 0. The average Bonchev–Trinajstić information content (AvgIpc) is 2.82. The van der Waals surface area contributed by atoms with Crippen LogP contribution in [0.3, 0.4) is 0 Å². The molecule has 0 aliphatic rings. The van der Waals surface area contributed by atoms with Gasteiger partial charge in [-0.2, -0.15) is 0 Å². The van der Waals surface area contributed by atoms with Gasteiger partial charge in [0.2, 0.25) is 0 Å². The molecule has 0 atom stereocenters. The molecule has 30 heavy (non-hydrogen) atoms. The van der Waals surface area contributed by atoms with Crippen molar-refractivity contribution in [2.24, 2.45) is 0 Å². The SMILES string of the molecule is COC(=O)C(=O)C(C(=O)OC)=[As](c1ccccc1)(c1ccccc1)c1ccccc1. The van der Waals surface area contributed by atoms with E-state index in [1.165, 1.54) is 7.11 Å². The van der Waals surface area contributed by atoms with Gasteiger partial charge < -0.3 is 0 Å². The third-order valence-electron chi connectivity index (χ3n) is 4.73. The minimum atomic E-state index is -3.99. The summed E-state index contributed by atoms with van der Waals surface area (Å²) in [6.45, 7) is 0. The molecule has 3 aromatic carbocycles. The van der Waals surface area contributed by atoms with Gasteiger partial charge >= 0.3 is 177 Å². The first-order valence-electron chi connectivity index (χ1n) is 9.21. The van der Waals surface area contributed by atoms with Crippen molar-refractivity contribution in [2.75, 3.05) is 14.2 Å². The summed E-state index contributed by atoms with van der Waals surface area (Å²) in [5.41, 5.74) is 0. The zero-order valence-electron chi connectivity index (χ0n) is 16.6. The Morgan fingerprint density at radius 1 is 0.567 bits per heavy atom. The summed E-state index contributed by atoms with van der Waals surface area (Å²) in [4.78, 5) is 38.7. The summed E-state index contributed by atoms with van der Waals surface area (Å²) in [5, 5.41) is 0. The fourth-order valence-corrected chi connectivity index (χ4v) is 12.5. The molecule has 0 saturated carbocycles. The van der Waals surface area contributed by atoms with E-state index in [9.17, 15) is 14.4 Å². The molecule has 0 aromatic heterocycles. The predicted molar refractivity (Wildman–Crippen MR) is 118 cm³/mol. The van der Waals surface area contributed by atoms with Crippen molar-refractivity contribution in [3.63, 3.8) is 0 Å². The quantitative estimate of drug-likeness (QED) is 0.234. The van der Waals surface area contributed by atoms with Crippen LogP contribution in [0.4, 0.5) is 0 Å². The molecule has 0 aliphatic heterocycles. The Balaban J connectivity index is 2.65. The van der Waals surface area contributed by atoms with E-state index < -0.39 is 30.8 Å². The number of ether oxygens (including phenoxy) is 2. The number of hydrogen-bond donors (Lipinski definition) is 0. The van der Waals surface area contributed by atoms with Crippen molar-refractivity contribution >= 4 is 48.2 Å². The van der Waals surface area contributed by atoms with Crippen LogP contribution in [0.2, 0.25) is 0 Å². The van der Waals surface area contributed by atoms with Crippen LogP contribution in [0.5, 0.6) is 0 Å². The van der Waals surface area contributed by atoms with E-state index in [-0.39, 0.29) is 4.30 Å². The van der Waals surface area contributed by atoms with Gasteiger partial charge in [0, 0.05) is 0 Å². The Labute approximate surface area is 177 Å². The molecule has 0 amide bonds. The first-order valence-corrected chi connectivity index (χ1v) is 13.0. The van der Waals surface area contributed by atoms with Gasteiger partial charge in [0.15, 0.2) is 0 Å². The molecule has 5 nitrogen and oxygen atoms in total. The zero-order valence-corrected chi connectivity index (χ0v) is 18.5. The number of rotatable bonds is 6. The van der Waals surface area contributed by atoms with Gasteiger partial charge in [-0.25, -0.2) is 0 Å². The van der Waals surface area contributed by atoms with Crippen molar-refractivity contribution in [1.29, 1.82) is 0 Å². The summed E-state index contributed by atoms with van der Waals surface area (Å²) in [6, 6.07) is 28.1. The normalized spacial score (nSPS) is 10.7. The Morgan fingerprint density at radius 2 is 0.900 bits per heavy atom. The summed E-state index contributed by atoms with van der Waals surface area (Å²) >= 11 is -3.99. The Bertz CT molecular complexity index is 1000. The summed E-state index contributed by atoms with van der Waals surface area (Å²) in [7, 11) is 2.33. The zero-order chi connectivity index (χ0) is 21.6. The van der Waals surface area contributed by atoms with Crippen molar-refractivity contribution in [1.82, 2.24) is 0 Å². The van der Waals surface area contributed by atoms with Crippen LogP contribution in [0.25, 0.3) is 0 Å². The Hall–Kier alpha value is -3.30. The Morgan fingerprint density at radius 3 is 1.20 bits per heavy atom. The predicted octanol–water partition coefficient (Wildman–Crippen LogP) is 0.826. The number of methoxy groups -OCH3 is 2. The number of Topliss-reactive ketones (excluding diaryl/α,β-unsaturated/α-hetero) is 1. The van der Waals surface area contributed by atoms with Gasteiger partial charge in [0.1, 0.15) is 0 Å². The third kappa shape index (κ3) is 3.76. The Kier molecular flexibility index (Phi) is 6.75. The number of ketones is 1. The molecule has 0 radical (unpaired) electrons. The van der Waals surface area contributed by atoms with E-state index in [2.05, 4.69) is 0 Å². The molecule has 0 fully saturated rings. The van der Waals surface area contributed by atoms with E-state index in [0.29, 0.717) is 0 Å². The second-order valence-electron chi connectivity index (χ2n) is 6.34. The van der Waals surface area contributed by atoms with E-state index in [1.807, 2.05) is 91.0 Å². The van der Waals surface area contributed by atoms with Crippen molar-refractivity contribution < 1.29 is 23.9 Å². The first kappa shape index (κ1) is 21.4. The molecule has 0 unspecified atom stereocenters. The third-order valence-corrected chi connectivity index (χ3v) is 13.7. The second-order valence-corrected chi connectivity index (χ2v) is 13.3. The molecule has 0 saturated heterocycles. The maximum absolute atomic E-state index is 13.3. The molecular formula is C24H21AsO5. The molecule has 3 rings (SSSR count). The molecule has 0 spiro atoms. The molecule has 0 aliphatic carbocycles. The molecular weight excluding hydrogens is 443 g/mol. The first-order chi connectivity index (χ1) is 14.6. The maximum atomic E-state index is 13.3. The second kappa shape index (κ2) is 9.46. The number of carbonyl (C=O) groups excluding carboxylic acids is 3. The van der Waals surface area contributed by atoms with Crippen molar-refractivity contribution in [3.8, 4) is 0 Å². The van der Waals surface area contributed by atoms with Crippen molar-refractivity contribution in [2.45, 2.75) is 0 Å². The number of hydrogen-bond acceptors (Lipinski definition) is 5.